The number of alkyl halides is 3. The van der Waals surface area contributed by atoms with Gasteiger partial charge >= 0.3 is 6.18 Å². The van der Waals surface area contributed by atoms with Crippen molar-refractivity contribution < 1.29 is 17.9 Å². The maximum Gasteiger partial charge on any atom is 0.443 e. The highest BCUT2D eigenvalue weighted by Crippen LogP contribution is 2.35. The smallest absolute Gasteiger partial charge is 0.443 e. The molecule has 20 heavy (non-hydrogen) atoms. The van der Waals surface area contributed by atoms with Gasteiger partial charge in [-0.25, -0.2) is 10.4 Å². The van der Waals surface area contributed by atoms with E-state index in [0.29, 0.717) is 27.8 Å². The zero-order valence-corrected chi connectivity index (χ0v) is 11.0. The van der Waals surface area contributed by atoms with Gasteiger partial charge in [-0.05, 0) is 6.07 Å². The molecule has 2 rings (SSSR count). The number of hydrogen-bond donors (Lipinski definition) is 2. The Hall–Kier alpha value is -1.78. The summed E-state index contributed by atoms with van der Waals surface area (Å²) < 4.78 is 42.4. The van der Waals surface area contributed by atoms with Crippen LogP contribution in [0, 0.1) is 0 Å². The molecular formula is C10H10F3N5OS. The number of hydrazine groups is 1. The van der Waals surface area contributed by atoms with Crippen LogP contribution < -0.4 is 16.0 Å². The lowest BCUT2D eigenvalue weighted by molar-refractivity contribution is -0.137. The molecule has 0 aromatic carbocycles. The molecule has 0 spiro atoms. The van der Waals surface area contributed by atoms with Gasteiger partial charge in [0.25, 0.3) is 0 Å². The second kappa shape index (κ2) is 5.69. The molecule has 0 amide bonds. The number of nitrogens with two attached hydrogens (primary N) is 1. The minimum Gasteiger partial charge on any atom is -0.480 e. The molecular weight excluding hydrogens is 295 g/mol. The molecule has 0 saturated heterocycles. The van der Waals surface area contributed by atoms with E-state index >= 15 is 0 Å². The van der Waals surface area contributed by atoms with Gasteiger partial charge in [-0.15, -0.1) is 21.5 Å². The number of rotatable bonds is 4. The summed E-state index contributed by atoms with van der Waals surface area (Å²) in [7, 11) is 1.43. The number of methoxy groups -OCH3 is 1. The van der Waals surface area contributed by atoms with Crippen LogP contribution in [0.4, 0.5) is 13.2 Å². The van der Waals surface area contributed by atoms with E-state index in [-0.39, 0.29) is 0 Å². The van der Waals surface area contributed by atoms with Crippen LogP contribution in [-0.4, -0.2) is 22.3 Å². The first-order valence-corrected chi connectivity index (χ1v) is 6.14. The zero-order valence-electron chi connectivity index (χ0n) is 10.2. The van der Waals surface area contributed by atoms with Crippen molar-refractivity contribution in [2.24, 2.45) is 5.84 Å². The number of ether oxygens (including phenoxy) is 1. The quantitative estimate of drug-likeness (QED) is 0.658. The summed E-state index contributed by atoms with van der Waals surface area (Å²) in [6.45, 7) is 0. The van der Waals surface area contributed by atoms with Crippen molar-refractivity contribution >= 4 is 11.3 Å². The fourth-order valence-corrected chi connectivity index (χ4v) is 2.31. The summed E-state index contributed by atoms with van der Waals surface area (Å²) in [6, 6.07) is 2.38. The molecule has 2 aromatic rings. The molecule has 6 nitrogen and oxygen atoms in total. The lowest BCUT2D eigenvalue weighted by Gasteiger charge is -2.12. The third-order valence-electron chi connectivity index (χ3n) is 2.38. The maximum atomic E-state index is 12.5. The van der Waals surface area contributed by atoms with Gasteiger partial charge in [0, 0.05) is 17.1 Å². The largest absolute Gasteiger partial charge is 0.480 e. The Morgan fingerprint density at radius 1 is 1.35 bits per heavy atom. The molecule has 0 radical (unpaired) electrons. The summed E-state index contributed by atoms with van der Waals surface area (Å²) in [5.74, 6) is 5.67. The first-order chi connectivity index (χ1) is 9.45. The third kappa shape index (κ3) is 3.03. The lowest BCUT2D eigenvalue weighted by atomic mass is 10.2. The molecule has 108 valence electrons. The normalized spacial score (nSPS) is 13.2. The highest BCUT2D eigenvalue weighted by molar-refractivity contribution is 7.11. The lowest BCUT2D eigenvalue weighted by Crippen LogP contribution is -2.29. The Morgan fingerprint density at radius 3 is 2.55 bits per heavy atom. The summed E-state index contributed by atoms with van der Waals surface area (Å²) in [5, 5.41) is 6.65. The van der Waals surface area contributed by atoms with Crippen LogP contribution in [-0.2, 0) is 6.18 Å². The van der Waals surface area contributed by atoms with E-state index in [1.807, 2.05) is 0 Å². The van der Waals surface area contributed by atoms with Crippen molar-refractivity contribution in [1.29, 1.82) is 0 Å². The molecule has 0 aliphatic heterocycles. The summed E-state index contributed by atoms with van der Waals surface area (Å²) in [5.41, 5.74) is 2.76. The Labute approximate surface area is 115 Å². The van der Waals surface area contributed by atoms with Gasteiger partial charge in [-0.1, -0.05) is 0 Å². The van der Waals surface area contributed by atoms with Crippen LogP contribution in [0.2, 0.25) is 0 Å². The van der Waals surface area contributed by atoms with Gasteiger partial charge in [0.1, 0.15) is 6.04 Å². The molecule has 0 aliphatic rings. The minimum absolute atomic E-state index is 0.291. The highest BCUT2D eigenvalue weighted by Gasteiger charge is 2.35. The third-order valence-corrected chi connectivity index (χ3v) is 3.49. The van der Waals surface area contributed by atoms with Crippen LogP contribution in [0.1, 0.15) is 21.6 Å². The van der Waals surface area contributed by atoms with Crippen LogP contribution >= 0.6 is 11.3 Å². The van der Waals surface area contributed by atoms with Crippen molar-refractivity contribution in [3.05, 3.63) is 33.9 Å². The average Bonchev–Trinajstić information content (AvgIpc) is 2.90. The zero-order chi connectivity index (χ0) is 14.8. The summed E-state index contributed by atoms with van der Waals surface area (Å²) in [6.07, 6.45) is -3.36. The summed E-state index contributed by atoms with van der Waals surface area (Å²) >= 11 is 0.500. The molecule has 0 bridgehead atoms. The van der Waals surface area contributed by atoms with E-state index in [0.717, 1.165) is 6.20 Å². The Bertz CT molecular complexity index is 571. The molecule has 3 N–H and O–H groups in total. The maximum absolute atomic E-state index is 12.5. The van der Waals surface area contributed by atoms with Crippen LogP contribution in [0.3, 0.4) is 0 Å². The predicted octanol–water partition coefficient (Wildman–Crippen LogP) is 1.51. The van der Waals surface area contributed by atoms with Gasteiger partial charge < -0.3 is 4.74 Å². The van der Waals surface area contributed by atoms with E-state index in [9.17, 15) is 13.2 Å². The number of aromatic nitrogens is 3. The molecule has 0 aliphatic carbocycles. The number of nitrogens with one attached hydrogen (secondary N) is 1. The number of thiazole rings is 1. The Kier molecular flexibility index (Phi) is 4.16. The molecule has 2 aromatic heterocycles. The van der Waals surface area contributed by atoms with Gasteiger partial charge in [0.2, 0.25) is 5.88 Å². The van der Waals surface area contributed by atoms with E-state index in [2.05, 4.69) is 20.6 Å². The van der Waals surface area contributed by atoms with E-state index in [4.69, 9.17) is 10.6 Å². The topological polar surface area (TPSA) is 86.0 Å². The number of hydrogen-bond acceptors (Lipinski definition) is 7. The van der Waals surface area contributed by atoms with Crippen molar-refractivity contribution in [2.45, 2.75) is 12.2 Å². The second-order valence-corrected chi connectivity index (χ2v) is 4.73. The highest BCUT2D eigenvalue weighted by atomic mass is 32.1. The van der Waals surface area contributed by atoms with Gasteiger partial charge in [0.15, 0.2) is 5.01 Å². The monoisotopic (exact) mass is 305 g/mol. The first kappa shape index (κ1) is 14.6. The second-order valence-electron chi connectivity index (χ2n) is 3.67. The molecule has 10 heteroatoms. The summed E-state index contributed by atoms with van der Waals surface area (Å²) in [4.78, 5) is 3.63. The van der Waals surface area contributed by atoms with Crippen molar-refractivity contribution in [3.8, 4) is 5.88 Å². The average molecular weight is 305 g/mol. The van der Waals surface area contributed by atoms with Crippen molar-refractivity contribution in [3.63, 3.8) is 0 Å². The van der Waals surface area contributed by atoms with Crippen LogP contribution in [0.25, 0.3) is 0 Å². The van der Waals surface area contributed by atoms with E-state index in [1.165, 1.54) is 7.11 Å². The van der Waals surface area contributed by atoms with E-state index < -0.39 is 17.2 Å². The fraction of sp³-hybridized carbons (Fsp3) is 0.300. The number of halogens is 3. The molecule has 1 atom stereocenters. The Morgan fingerprint density at radius 2 is 2.10 bits per heavy atom. The standard InChI is InChI=1S/C10H10F3N5OS/c1-19-7-3-2-5(17-18-7)8(16-14)6-4-15-9(20-6)10(11,12)13/h2-4,8,16H,14H2,1H3. The first-order valence-electron chi connectivity index (χ1n) is 5.32. The van der Waals surface area contributed by atoms with Crippen molar-refractivity contribution in [1.82, 2.24) is 20.6 Å². The van der Waals surface area contributed by atoms with Gasteiger partial charge in [-0.2, -0.15) is 13.2 Å². The molecule has 1 unspecified atom stereocenters. The SMILES string of the molecule is COc1ccc(C(NN)c2cnc(C(F)(F)F)s2)nn1. The minimum atomic E-state index is -4.48. The van der Waals surface area contributed by atoms with Gasteiger partial charge in [0.05, 0.1) is 12.8 Å². The Balaban J connectivity index is 2.29. The van der Waals surface area contributed by atoms with Crippen molar-refractivity contribution in [2.75, 3.05) is 7.11 Å². The van der Waals surface area contributed by atoms with Crippen LogP contribution in [0.5, 0.6) is 5.88 Å². The molecule has 0 saturated carbocycles. The van der Waals surface area contributed by atoms with Crippen LogP contribution in [0.15, 0.2) is 18.3 Å². The molecule has 2 heterocycles. The van der Waals surface area contributed by atoms with Gasteiger partial charge in [-0.3, -0.25) is 5.84 Å². The predicted molar refractivity (Wildman–Crippen MR) is 64.9 cm³/mol. The number of nitrogens with zero attached hydrogens (tertiary/aromatic N) is 3. The molecule has 0 fully saturated rings. The fourth-order valence-electron chi connectivity index (χ4n) is 1.46. The van der Waals surface area contributed by atoms with E-state index in [1.54, 1.807) is 12.1 Å².